The molecule has 226 valence electrons. The van der Waals surface area contributed by atoms with Crippen molar-refractivity contribution in [1.82, 2.24) is 10.2 Å². The van der Waals surface area contributed by atoms with Crippen molar-refractivity contribution >= 4 is 27.5 Å². The molecular formula is C31H38FN3O6S. The van der Waals surface area contributed by atoms with E-state index >= 15 is 0 Å². The van der Waals surface area contributed by atoms with Crippen LogP contribution in [0.4, 0.5) is 10.1 Å². The standard InChI is InChI=1S/C31H38FN3O6S/c1-21-8-15-26(16-9-21)42(38,39)35(25-14-17-27(40-6)28(18-25)41-7)20-29(36)34(19-23-10-12-24(32)13-11-23)22(2)30(37)33-31(3,4)5/h8-18,22H,19-20H2,1-7H3,(H,33,37). The zero-order chi connectivity index (χ0) is 31.2. The van der Waals surface area contributed by atoms with Gasteiger partial charge in [0.1, 0.15) is 18.4 Å². The van der Waals surface area contributed by atoms with E-state index in [4.69, 9.17) is 9.47 Å². The molecule has 0 aliphatic carbocycles. The molecule has 1 atom stereocenters. The number of sulfonamides is 1. The first kappa shape index (κ1) is 32.4. The quantitative estimate of drug-likeness (QED) is 0.343. The Balaban J connectivity index is 2.09. The fraction of sp³-hybridized carbons (Fsp3) is 0.355. The highest BCUT2D eigenvalue weighted by Gasteiger charge is 2.33. The zero-order valence-electron chi connectivity index (χ0n) is 25.0. The highest BCUT2D eigenvalue weighted by Crippen LogP contribution is 2.34. The van der Waals surface area contributed by atoms with Crippen LogP contribution in [0.5, 0.6) is 11.5 Å². The third kappa shape index (κ3) is 8.00. The Kier molecular flexibility index (Phi) is 10.2. The Morgan fingerprint density at radius 1 is 0.929 bits per heavy atom. The maximum absolute atomic E-state index is 14.0. The van der Waals surface area contributed by atoms with Crippen molar-refractivity contribution in [3.63, 3.8) is 0 Å². The number of methoxy groups -OCH3 is 2. The van der Waals surface area contributed by atoms with E-state index in [1.807, 2.05) is 27.7 Å². The number of benzene rings is 3. The Morgan fingerprint density at radius 2 is 1.52 bits per heavy atom. The molecule has 0 radical (unpaired) electrons. The molecule has 0 spiro atoms. The largest absolute Gasteiger partial charge is 0.493 e. The molecule has 0 bridgehead atoms. The predicted molar refractivity (Wildman–Crippen MR) is 160 cm³/mol. The normalized spacial score (nSPS) is 12.3. The van der Waals surface area contributed by atoms with Gasteiger partial charge in [-0.3, -0.25) is 13.9 Å². The van der Waals surface area contributed by atoms with Crippen LogP contribution in [0.1, 0.15) is 38.8 Å². The van der Waals surface area contributed by atoms with Gasteiger partial charge in [0.2, 0.25) is 11.8 Å². The minimum absolute atomic E-state index is 0.0145. The van der Waals surface area contributed by atoms with Crippen LogP contribution in [0.25, 0.3) is 0 Å². The second-order valence-corrected chi connectivity index (χ2v) is 12.8. The molecular weight excluding hydrogens is 561 g/mol. The van der Waals surface area contributed by atoms with Crippen LogP contribution in [0, 0.1) is 12.7 Å². The molecule has 0 saturated carbocycles. The van der Waals surface area contributed by atoms with E-state index in [9.17, 15) is 22.4 Å². The second-order valence-electron chi connectivity index (χ2n) is 10.9. The summed E-state index contributed by atoms with van der Waals surface area (Å²) in [6.45, 7) is 8.17. The van der Waals surface area contributed by atoms with E-state index in [1.165, 1.54) is 67.7 Å². The maximum atomic E-state index is 14.0. The van der Waals surface area contributed by atoms with Crippen LogP contribution in [0.3, 0.4) is 0 Å². The lowest BCUT2D eigenvalue weighted by molar-refractivity contribution is -0.140. The van der Waals surface area contributed by atoms with Crippen molar-refractivity contribution in [2.45, 2.75) is 57.6 Å². The van der Waals surface area contributed by atoms with Crippen molar-refractivity contribution in [2.75, 3.05) is 25.1 Å². The molecule has 0 fully saturated rings. The number of rotatable bonds is 11. The van der Waals surface area contributed by atoms with Gasteiger partial charge in [0.25, 0.3) is 10.0 Å². The molecule has 1 unspecified atom stereocenters. The number of nitrogens with zero attached hydrogens (tertiary/aromatic N) is 2. The van der Waals surface area contributed by atoms with E-state index < -0.39 is 45.8 Å². The monoisotopic (exact) mass is 599 g/mol. The molecule has 0 aromatic heterocycles. The fourth-order valence-corrected chi connectivity index (χ4v) is 5.60. The highest BCUT2D eigenvalue weighted by atomic mass is 32.2. The SMILES string of the molecule is COc1ccc(N(CC(=O)N(Cc2ccc(F)cc2)C(C)C(=O)NC(C)(C)C)S(=O)(=O)c2ccc(C)cc2)cc1OC. The van der Waals surface area contributed by atoms with Crippen molar-refractivity contribution in [3.05, 3.63) is 83.7 Å². The smallest absolute Gasteiger partial charge is 0.264 e. The minimum atomic E-state index is -4.26. The molecule has 1 N–H and O–H groups in total. The first-order valence-electron chi connectivity index (χ1n) is 13.3. The van der Waals surface area contributed by atoms with Crippen LogP contribution in [0.2, 0.25) is 0 Å². The summed E-state index contributed by atoms with van der Waals surface area (Å²) in [6.07, 6.45) is 0. The number of hydrogen-bond donors (Lipinski definition) is 1. The van der Waals surface area contributed by atoms with Crippen LogP contribution < -0.4 is 19.1 Å². The molecule has 2 amide bonds. The van der Waals surface area contributed by atoms with Gasteiger partial charge in [0.05, 0.1) is 24.8 Å². The molecule has 3 aromatic rings. The zero-order valence-corrected chi connectivity index (χ0v) is 25.8. The number of halogens is 1. The van der Waals surface area contributed by atoms with E-state index in [2.05, 4.69) is 5.32 Å². The number of ether oxygens (including phenoxy) is 2. The Morgan fingerprint density at radius 3 is 2.07 bits per heavy atom. The summed E-state index contributed by atoms with van der Waals surface area (Å²) in [5.74, 6) is -0.851. The number of amides is 2. The Labute approximate surface area is 247 Å². The first-order valence-corrected chi connectivity index (χ1v) is 14.8. The summed E-state index contributed by atoms with van der Waals surface area (Å²) in [5.41, 5.74) is 1.03. The molecule has 0 heterocycles. The molecule has 9 nitrogen and oxygen atoms in total. The van der Waals surface area contributed by atoms with Crippen molar-refractivity contribution in [1.29, 1.82) is 0 Å². The topological polar surface area (TPSA) is 105 Å². The fourth-order valence-electron chi connectivity index (χ4n) is 4.19. The number of hydrogen-bond acceptors (Lipinski definition) is 6. The van der Waals surface area contributed by atoms with Gasteiger partial charge in [-0.15, -0.1) is 0 Å². The second kappa shape index (κ2) is 13.2. The van der Waals surface area contributed by atoms with E-state index in [0.29, 0.717) is 11.3 Å². The maximum Gasteiger partial charge on any atom is 0.264 e. The number of carbonyl (C=O) groups is 2. The van der Waals surface area contributed by atoms with Gasteiger partial charge in [-0.1, -0.05) is 29.8 Å². The molecule has 11 heteroatoms. The number of anilines is 1. The van der Waals surface area contributed by atoms with Crippen LogP contribution in [-0.4, -0.2) is 57.5 Å². The average molecular weight is 600 g/mol. The number of carbonyl (C=O) groups excluding carboxylic acids is 2. The summed E-state index contributed by atoms with van der Waals surface area (Å²) in [6, 6.07) is 15.4. The molecule has 42 heavy (non-hydrogen) atoms. The number of aryl methyl sites for hydroxylation is 1. The lowest BCUT2D eigenvalue weighted by Crippen LogP contribution is -2.54. The Bertz CT molecular complexity index is 1500. The summed E-state index contributed by atoms with van der Waals surface area (Å²) in [4.78, 5) is 28.5. The van der Waals surface area contributed by atoms with Gasteiger partial charge < -0.3 is 19.7 Å². The van der Waals surface area contributed by atoms with Crippen molar-refractivity contribution in [2.24, 2.45) is 0 Å². The lowest BCUT2D eigenvalue weighted by atomic mass is 10.1. The lowest BCUT2D eigenvalue weighted by Gasteiger charge is -2.33. The van der Waals surface area contributed by atoms with Gasteiger partial charge in [-0.05, 0) is 76.6 Å². The van der Waals surface area contributed by atoms with Crippen LogP contribution in [-0.2, 0) is 26.2 Å². The van der Waals surface area contributed by atoms with E-state index in [0.717, 1.165) is 9.87 Å². The molecule has 0 saturated heterocycles. The highest BCUT2D eigenvalue weighted by molar-refractivity contribution is 7.92. The minimum Gasteiger partial charge on any atom is -0.493 e. The summed E-state index contributed by atoms with van der Waals surface area (Å²) in [5, 5.41) is 2.87. The van der Waals surface area contributed by atoms with Gasteiger partial charge >= 0.3 is 0 Å². The summed E-state index contributed by atoms with van der Waals surface area (Å²) >= 11 is 0. The molecule has 0 aliphatic rings. The van der Waals surface area contributed by atoms with Gasteiger partial charge in [0, 0.05) is 18.2 Å². The van der Waals surface area contributed by atoms with Gasteiger partial charge in [-0.2, -0.15) is 0 Å². The third-order valence-corrected chi connectivity index (χ3v) is 8.26. The van der Waals surface area contributed by atoms with Crippen LogP contribution in [0.15, 0.2) is 71.6 Å². The molecule has 3 aromatic carbocycles. The Hall–Kier alpha value is -4.12. The van der Waals surface area contributed by atoms with Crippen molar-refractivity contribution < 1.29 is 31.9 Å². The third-order valence-electron chi connectivity index (χ3n) is 6.47. The molecule has 0 aliphatic heterocycles. The van der Waals surface area contributed by atoms with Gasteiger partial charge in [0.15, 0.2) is 11.5 Å². The molecule has 3 rings (SSSR count). The predicted octanol–water partition coefficient (Wildman–Crippen LogP) is 4.68. The summed E-state index contributed by atoms with van der Waals surface area (Å²) < 4.78 is 53.3. The van der Waals surface area contributed by atoms with Crippen molar-refractivity contribution in [3.8, 4) is 11.5 Å². The van der Waals surface area contributed by atoms with E-state index in [1.54, 1.807) is 25.1 Å². The van der Waals surface area contributed by atoms with Gasteiger partial charge in [-0.25, -0.2) is 12.8 Å². The average Bonchev–Trinajstić information content (AvgIpc) is 2.94. The van der Waals surface area contributed by atoms with Crippen LogP contribution >= 0.6 is 0 Å². The first-order chi connectivity index (χ1) is 19.7. The number of nitrogens with one attached hydrogen (secondary N) is 1. The van der Waals surface area contributed by atoms with E-state index in [-0.39, 0.29) is 22.9 Å². The summed E-state index contributed by atoms with van der Waals surface area (Å²) in [7, 11) is -1.38.